The Morgan fingerprint density at radius 1 is 1.27 bits per heavy atom. The largest absolute Gasteiger partial charge is 0.484 e. The molecule has 1 atom stereocenters. The molecule has 0 saturated carbocycles. The summed E-state index contributed by atoms with van der Waals surface area (Å²) in [7, 11) is 0. The van der Waals surface area contributed by atoms with Crippen molar-refractivity contribution in [1.29, 1.82) is 0 Å². The number of rotatable bonds is 4. The van der Waals surface area contributed by atoms with Crippen LogP contribution in [0.15, 0.2) is 48.5 Å². The first-order chi connectivity index (χ1) is 12.7. The highest BCUT2D eigenvalue weighted by molar-refractivity contribution is 7.18. The standard InChI is InChI=1S/C20H19ClN2O2S/c21-15-6-3-7-16(11-15)25-13-19(24)23-10-4-5-14(12-23)20-22-17-8-1-2-9-18(17)26-20/h1-3,6-9,11,14H,4-5,10,12-13H2/t14-/m0/s1. The number of likely N-dealkylation sites (tertiary alicyclic amines) is 1. The van der Waals surface area contributed by atoms with Crippen molar-refractivity contribution in [3.63, 3.8) is 0 Å². The molecule has 4 rings (SSSR count). The van der Waals surface area contributed by atoms with Crippen molar-refractivity contribution in [2.45, 2.75) is 18.8 Å². The molecule has 1 fully saturated rings. The van der Waals surface area contributed by atoms with E-state index in [1.54, 1.807) is 29.5 Å². The van der Waals surface area contributed by atoms with Gasteiger partial charge in [0.1, 0.15) is 5.75 Å². The van der Waals surface area contributed by atoms with Gasteiger partial charge in [-0.05, 0) is 43.2 Å². The maximum absolute atomic E-state index is 12.6. The summed E-state index contributed by atoms with van der Waals surface area (Å²) in [6, 6.07) is 15.3. The van der Waals surface area contributed by atoms with Crippen LogP contribution < -0.4 is 4.74 Å². The highest BCUT2D eigenvalue weighted by atomic mass is 35.5. The first-order valence-electron chi connectivity index (χ1n) is 8.70. The van der Waals surface area contributed by atoms with E-state index in [9.17, 15) is 4.79 Å². The van der Waals surface area contributed by atoms with Crippen LogP contribution in [0, 0.1) is 0 Å². The molecule has 0 N–H and O–H groups in total. The smallest absolute Gasteiger partial charge is 0.260 e. The molecule has 1 saturated heterocycles. The number of thiazole rings is 1. The summed E-state index contributed by atoms with van der Waals surface area (Å²) in [5.74, 6) is 0.928. The summed E-state index contributed by atoms with van der Waals surface area (Å²) in [4.78, 5) is 19.2. The minimum Gasteiger partial charge on any atom is -0.484 e. The molecule has 0 radical (unpaired) electrons. The van der Waals surface area contributed by atoms with E-state index in [2.05, 4.69) is 6.07 Å². The number of carbonyl (C=O) groups is 1. The molecule has 26 heavy (non-hydrogen) atoms. The highest BCUT2D eigenvalue weighted by Gasteiger charge is 2.27. The van der Waals surface area contributed by atoms with Crippen molar-refractivity contribution >= 4 is 39.1 Å². The number of benzene rings is 2. The average molecular weight is 387 g/mol. The Balaban J connectivity index is 1.40. The number of hydrogen-bond acceptors (Lipinski definition) is 4. The zero-order chi connectivity index (χ0) is 17.9. The molecule has 2 aromatic carbocycles. The number of fused-ring (bicyclic) bond motifs is 1. The summed E-state index contributed by atoms with van der Waals surface area (Å²) in [5.41, 5.74) is 1.04. The van der Waals surface area contributed by atoms with Crippen molar-refractivity contribution in [2.75, 3.05) is 19.7 Å². The van der Waals surface area contributed by atoms with E-state index in [1.807, 2.05) is 29.2 Å². The van der Waals surface area contributed by atoms with Crippen molar-refractivity contribution in [3.05, 3.63) is 58.6 Å². The number of carbonyl (C=O) groups excluding carboxylic acids is 1. The van der Waals surface area contributed by atoms with Crippen LogP contribution in [0.25, 0.3) is 10.2 Å². The van der Waals surface area contributed by atoms with Crippen LogP contribution in [0.4, 0.5) is 0 Å². The zero-order valence-electron chi connectivity index (χ0n) is 14.2. The fourth-order valence-electron chi connectivity index (χ4n) is 3.26. The summed E-state index contributed by atoms with van der Waals surface area (Å²) in [5, 5.41) is 1.73. The van der Waals surface area contributed by atoms with Crippen LogP contribution in [0.1, 0.15) is 23.8 Å². The fourth-order valence-corrected chi connectivity index (χ4v) is 4.54. The number of piperidine rings is 1. The van der Waals surface area contributed by atoms with Crippen LogP contribution in [-0.2, 0) is 4.79 Å². The number of amides is 1. The Bertz CT molecular complexity index is 894. The first-order valence-corrected chi connectivity index (χ1v) is 9.90. The molecule has 134 valence electrons. The predicted molar refractivity (Wildman–Crippen MR) is 105 cm³/mol. The van der Waals surface area contributed by atoms with Gasteiger partial charge in [0, 0.05) is 24.0 Å². The lowest BCUT2D eigenvalue weighted by Gasteiger charge is -2.31. The van der Waals surface area contributed by atoms with Crippen LogP contribution in [-0.4, -0.2) is 35.5 Å². The quantitative estimate of drug-likeness (QED) is 0.650. The van der Waals surface area contributed by atoms with Crippen molar-refractivity contribution in [3.8, 4) is 5.75 Å². The third-order valence-corrected chi connectivity index (χ3v) is 6.03. The monoisotopic (exact) mass is 386 g/mol. The van der Waals surface area contributed by atoms with Gasteiger partial charge in [-0.2, -0.15) is 0 Å². The van der Waals surface area contributed by atoms with E-state index in [4.69, 9.17) is 21.3 Å². The number of ether oxygens (including phenoxy) is 1. The molecule has 6 heteroatoms. The Hall–Kier alpha value is -2.11. The average Bonchev–Trinajstić information content (AvgIpc) is 3.10. The maximum Gasteiger partial charge on any atom is 0.260 e. The van der Waals surface area contributed by atoms with Crippen molar-refractivity contribution < 1.29 is 9.53 Å². The molecule has 0 spiro atoms. The Labute approximate surface area is 161 Å². The Morgan fingerprint density at radius 3 is 3.00 bits per heavy atom. The number of halogens is 1. The number of nitrogens with zero attached hydrogens (tertiary/aromatic N) is 2. The van der Waals surface area contributed by atoms with Gasteiger partial charge in [0.05, 0.1) is 15.2 Å². The SMILES string of the molecule is O=C(COc1cccc(Cl)c1)N1CCC[C@H](c2nc3ccccc3s2)C1. The second kappa shape index (κ2) is 7.64. The van der Waals surface area contributed by atoms with E-state index in [1.165, 1.54) is 4.70 Å². The lowest BCUT2D eigenvalue weighted by Crippen LogP contribution is -2.41. The third kappa shape index (κ3) is 3.84. The summed E-state index contributed by atoms with van der Waals surface area (Å²) in [6.07, 6.45) is 2.06. The van der Waals surface area contributed by atoms with Crippen LogP contribution >= 0.6 is 22.9 Å². The first kappa shape index (κ1) is 17.3. The lowest BCUT2D eigenvalue weighted by molar-refractivity contribution is -0.134. The Morgan fingerprint density at radius 2 is 2.15 bits per heavy atom. The molecule has 0 unspecified atom stereocenters. The minimum absolute atomic E-state index is 0.00999. The second-order valence-electron chi connectivity index (χ2n) is 6.44. The molecule has 0 aliphatic carbocycles. The molecule has 1 aromatic heterocycles. The number of hydrogen-bond donors (Lipinski definition) is 0. The molecule has 3 aromatic rings. The normalized spacial score (nSPS) is 17.4. The molecule has 2 heterocycles. The van der Waals surface area contributed by atoms with E-state index >= 15 is 0 Å². The predicted octanol–water partition coefficient (Wildman–Crippen LogP) is 4.73. The van der Waals surface area contributed by atoms with Crippen LogP contribution in [0.5, 0.6) is 5.75 Å². The summed E-state index contributed by atoms with van der Waals surface area (Å²) >= 11 is 7.68. The van der Waals surface area contributed by atoms with Gasteiger partial charge in [0.15, 0.2) is 6.61 Å². The molecule has 1 aliphatic rings. The zero-order valence-corrected chi connectivity index (χ0v) is 15.8. The maximum atomic E-state index is 12.6. The van der Waals surface area contributed by atoms with E-state index in [0.29, 0.717) is 23.2 Å². The summed E-state index contributed by atoms with van der Waals surface area (Å²) < 4.78 is 6.81. The van der Waals surface area contributed by atoms with Gasteiger partial charge in [-0.3, -0.25) is 4.79 Å². The van der Waals surface area contributed by atoms with Crippen LogP contribution in [0.3, 0.4) is 0 Å². The van der Waals surface area contributed by atoms with E-state index in [-0.39, 0.29) is 12.5 Å². The van der Waals surface area contributed by atoms with Gasteiger partial charge >= 0.3 is 0 Å². The van der Waals surface area contributed by atoms with E-state index < -0.39 is 0 Å². The van der Waals surface area contributed by atoms with Gasteiger partial charge in [-0.15, -0.1) is 11.3 Å². The van der Waals surface area contributed by atoms with E-state index in [0.717, 1.165) is 29.9 Å². The third-order valence-electron chi connectivity index (χ3n) is 4.59. The highest BCUT2D eigenvalue weighted by Crippen LogP contribution is 2.33. The summed E-state index contributed by atoms with van der Waals surface area (Å²) in [6.45, 7) is 1.52. The number of aromatic nitrogens is 1. The molecule has 0 bridgehead atoms. The molecular formula is C20H19ClN2O2S. The van der Waals surface area contributed by atoms with Gasteiger partial charge < -0.3 is 9.64 Å². The second-order valence-corrected chi connectivity index (χ2v) is 7.94. The van der Waals surface area contributed by atoms with Crippen molar-refractivity contribution in [1.82, 2.24) is 9.88 Å². The van der Waals surface area contributed by atoms with Gasteiger partial charge in [0.2, 0.25) is 0 Å². The minimum atomic E-state index is 0.00999. The van der Waals surface area contributed by atoms with Crippen molar-refractivity contribution in [2.24, 2.45) is 0 Å². The molecular weight excluding hydrogens is 368 g/mol. The Kier molecular flexibility index (Phi) is 5.09. The van der Waals surface area contributed by atoms with Gasteiger partial charge in [-0.25, -0.2) is 4.98 Å². The lowest BCUT2D eigenvalue weighted by atomic mass is 9.99. The molecule has 4 nitrogen and oxygen atoms in total. The molecule has 1 amide bonds. The van der Waals surface area contributed by atoms with Crippen LogP contribution in [0.2, 0.25) is 5.02 Å². The van der Waals surface area contributed by atoms with Gasteiger partial charge in [-0.1, -0.05) is 29.8 Å². The fraction of sp³-hybridized carbons (Fsp3) is 0.300. The molecule has 1 aliphatic heterocycles. The topological polar surface area (TPSA) is 42.4 Å². The van der Waals surface area contributed by atoms with Gasteiger partial charge in [0.25, 0.3) is 5.91 Å². The number of para-hydroxylation sites is 1.